The van der Waals surface area contributed by atoms with Crippen molar-refractivity contribution in [1.82, 2.24) is 4.90 Å². The van der Waals surface area contributed by atoms with Crippen molar-refractivity contribution in [2.24, 2.45) is 0 Å². The lowest BCUT2D eigenvalue weighted by Gasteiger charge is -2.36. The lowest BCUT2D eigenvalue weighted by atomic mass is 9.96. The number of hydrogen-bond acceptors (Lipinski definition) is 5. The second-order valence-corrected chi connectivity index (χ2v) is 6.15. The average Bonchev–Trinajstić information content (AvgIpc) is 2.54. The molecule has 6 heteroatoms. The summed E-state index contributed by atoms with van der Waals surface area (Å²) in [5.41, 5.74) is 0.239. The van der Waals surface area contributed by atoms with Crippen molar-refractivity contribution in [3.05, 3.63) is 23.8 Å². The van der Waals surface area contributed by atoms with E-state index in [1.807, 2.05) is 6.26 Å². The number of thioether (sulfide) groups is 1. The molecule has 0 bridgehead atoms. The second kappa shape index (κ2) is 6.27. The summed E-state index contributed by atoms with van der Waals surface area (Å²) >= 11 is 1.54. The second-order valence-electron chi connectivity index (χ2n) is 4.96. The molecule has 21 heavy (non-hydrogen) atoms. The van der Waals surface area contributed by atoms with E-state index in [9.17, 15) is 15.2 Å². The third kappa shape index (κ3) is 2.93. The van der Waals surface area contributed by atoms with Crippen LogP contribution in [0.2, 0.25) is 0 Å². The fourth-order valence-electron chi connectivity index (χ4n) is 2.46. The quantitative estimate of drug-likeness (QED) is 0.927. The summed E-state index contributed by atoms with van der Waals surface area (Å²) in [6, 6.07) is 7.22. The van der Waals surface area contributed by atoms with Gasteiger partial charge in [0.05, 0.1) is 18.7 Å². The van der Waals surface area contributed by atoms with Gasteiger partial charge in [0, 0.05) is 13.1 Å². The minimum absolute atomic E-state index is 0.132. The molecular formula is C15H18N2O3S. The Morgan fingerprint density at radius 2 is 2.14 bits per heavy atom. The molecule has 1 aliphatic heterocycles. The molecule has 0 unspecified atom stereocenters. The van der Waals surface area contributed by atoms with Gasteiger partial charge in [0.1, 0.15) is 4.75 Å². The maximum Gasteiger partial charge on any atom is 0.257 e. The first-order valence-corrected chi connectivity index (χ1v) is 7.91. The van der Waals surface area contributed by atoms with Crippen molar-refractivity contribution in [3.63, 3.8) is 0 Å². The highest BCUT2D eigenvalue weighted by Gasteiger charge is 2.36. The van der Waals surface area contributed by atoms with Crippen LogP contribution in [0.4, 0.5) is 0 Å². The predicted molar refractivity (Wildman–Crippen MR) is 81.7 cm³/mol. The number of rotatable bonds is 3. The van der Waals surface area contributed by atoms with E-state index < -0.39 is 4.75 Å². The zero-order valence-electron chi connectivity index (χ0n) is 12.1. The molecule has 0 radical (unpaired) electrons. The highest BCUT2D eigenvalue weighted by atomic mass is 32.2. The zero-order valence-corrected chi connectivity index (χ0v) is 12.9. The van der Waals surface area contributed by atoms with Gasteiger partial charge >= 0.3 is 0 Å². The van der Waals surface area contributed by atoms with Crippen molar-refractivity contribution in [3.8, 4) is 17.6 Å². The maximum absolute atomic E-state index is 12.5. The van der Waals surface area contributed by atoms with Gasteiger partial charge in [-0.3, -0.25) is 4.79 Å². The Morgan fingerprint density at radius 1 is 1.48 bits per heavy atom. The van der Waals surface area contributed by atoms with Crippen LogP contribution in [0.3, 0.4) is 0 Å². The number of nitrogens with zero attached hydrogens (tertiary/aromatic N) is 2. The summed E-state index contributed by atoms with van der Waals surface area (Å²) < 4.78 is 4.63. The average molecular weight is 306 g/mol. The lowest BCUT2D eigenvalue weighted by molar-refractivity contribution is 0.0713. The first-order chi connectivity index (χ1) is 10.1. The van der Waals surface area contributed by atoms with E-state index in [1.54, 1.807) is 34.9 Å². The summed E-state index contributed by atoms with van der Waals surface area (Å²) in [6.45, 7) is 1.04. The van der Waals surface area contributed by atoms with Crippen LogP contribution in [0.15, 0.2) is 18.2 Å². The van der Waals surface area contributed by atoms with E-state index in [2.05, 4.69) is 6.07 Å². The van der Waals surface area contributed by atoms with E-state index in [-0.39, 0.29) is 23.0 Å². The van der Waals surface area contributed by atoms with Crippen molar-refractivity contribution >= 4 is 17.7 Å². The van der Waals surface area contributed by atoms with Crippen LogP contribution in [0.25, 0.3) is 0 Å². The van der Waals surface area contributed by atoms with Gasteiger partial charge in [-0.05, 0) is 31.2 Å². The minimum atomic E-state index is -0.396. The molecular weight excluding hydrogens is 288 g/mol. The number of carbonyl (C=O) groups excluding carboxylic acids is 1. The van der Waals surface area contributed by atoms with E-state index in [0.29, 0.717) is 25.9 Å². The van der Waals surface area contributed by atoms with Crippen molar-refractivity contribution in [1.29, 1.82) is 5.26 Å². The number of methoxy groups -OCH3 is 1. The van der Waals surface area contributed by atoms with Crippen LogP contribution in [0.1, 0.15) is 23.2 Å². The number of aromatic hydroxyl groups is 1. The highest BCUT2D eigenvalue weighted by Crippen LogP contribution is 2.35. The Balaban J connectivity index is 2.15. The summed E-state index contributed by atoms with van der Waals surface area (Å²) in [6.07, 6.45) is 3.21. The lowest BCUT2D eigenvalue weighted by Crippen LogP contribution is -2.44. The number of ether oxygens (including phenoxy) is 1. The number of hydrogen-bond donors (Lipinski definition) is 1. The van der Waals surface area contributed by atoms with Crippen LogP contribution >= 0.6 is 11.8 Å². The standard InChI is InChI=1S/C15H18N2O3S/c1-20-12-5-3-4-11(13(12)18)14(19)17-8-6-15(10-16,21-2)7-9-17/h3-5,18H,6-9H2,1-2H3. The molecule has 1 aromatic carbocycles. The molecule has 1 saturated heterocycles. The summed E-state index contributed by atoms with van der Waals surface area (Å²) in [5.74, 6) is -0.0700. The zero-order chi connectivity index (χ0) is 15.5. The monoisotopic (exact) mass is 306 g/mol. The summed E-state index contributed by atoms with van der Waals surface area (Å²) in [7, 11) is 1.45. The molecule has 0 aromatic heterocycles. The number of nitriles is 1. The number of phenolic OH excluding ortho intramolecular Hbond substituents is 1. The molecule has 5 nitrogen and oxygen atoms in total. The van der Waals surface area contributed by atoms with E-state index in [1.165, 1.54) is 7.11 Å². The van der Waals surface area contributed by atoms with Crippen LogP contribution in [-0.2, 0) is 0 Å². The van der Waals surface area contributed by atoms with Gasteiger partial charge in [-0.15, -0.1) is 11.8 Å². The first kappa shape index (κ1) is 15.5. The molecule has 1 fully saturated rings. The molecule has 1 aliphatic rings. The van der Waals surface area contributed by atoms with Crippen molar-refractivity contribution in [2.75, 3.05) is 26.5 Å². The van der Waals surface area contributed by atoms with Crippen LogP contribution < -0.4 is 4.74 Å². The Kier molecular flexibility index (Phi) is 4.63. The first-order valence-electron chi connectivity index (χ1n) is 6.68. The molecule has 1 amide bonds. The van der Waals surface area contributed by atoms with Crippen LogP contribution in [-0.4, -0.2) is 47.1 Å². The minimum Gasteiger partial charge on any atom is -0.504 e. The number of likely N-dealkylation sites (tertiary alicyclic amines) is 1. The van der Waals surface area contributed by atoms with Crippen LogP contribution in [0, 0.1) is 11.3 Å². The van der Waals surface area contributed by atoms with E-state index in [0.717, 1.165) is 0 Å². The molecule has 0 aliphatic carbocycles. The summed E-state index contributed by atoms with van der Waals surface area (Å²) in [4.78, 5) is 14.2. The number of amides is 1. The van der Waals surface area contributed by atoms with Gasteiger partial charge in [-0.1, -0.05) is 6.07 Å². The highest BCUT2D eigenvalue weighted by molar-refractivity contribution is 8.00. The third-order valence-electron chi connectivity index (χ3n) is 3.90. The summed E-state index contributed by atoms with van der Waals surface area (Å²) in [5, 5.41) is 19.3. The Labute approximate surface area is 128 Å². The maximum atomic E-state index is 12.5. The van der Waals surface area contributed by atoms with Gasteiger partial charge in [-0.25, -0.2) is 0 Å². The fourth-order valence-corrected chi connectivity index (χ4v) is 3.14. The topological polar surface area (TPSA) is 73.6 Å². The molecule has 0 atom stereocenters. The van der Waals surface area contributed by atoms with E-state index >= 15 is 0 Å². The van der Waals surface area contributed by atoms with Gasteiger partial charge in [0.25, 0.3) is 5.91 Å². The molecule has 1 heterocycles. The number of carbonyl (C=O) groups is 1. The van der Waals surface area contributed by atoms with Gasteiger partial charge in [-0.2, -0.15) is 5.26 Å². The molecule has 0 spiro atoms. The fraction of sp³-hybridized carbons (Fsp3) is 0.467. The number of piperidine rings is 1. The predicted octanol–water partition coefficient (Wildman–Crippen LogP) is 2.26. The molecule has 0 saturated carbocycles. The molecule has 2 rings (SSSR count). The van der Waals surface area contributed by atoms with Crippen LogP contribution in [0.5, 0.6) is 11.5 Å². The SMILES string of the molecule is COc1cccc(C(=O)N2CCC(C#N)(SC)CC2)c1O. The Morgan fingerprint density at radius 3 is 2.67 bits per heavy atom. The van der Waals surface area contributed by atoms with Gasteiger partial charge in [0.15, 0.2) is 11.5 Å². The number of para-hydroxylation sites is 1. The molecule has 112 valence electrons. The smallest absolute Gasteiger partial charge is 0.257 e. The van der Waals surface area contributed by atoms with Gasteiger partial charge in [0.2, 0.25) is 0 Å². The van der Waals surface area contributed by atoms with Gasteiger partial charge < -0.3 is 14.7 Å². The largest absolute Gasteiger partial charge is 0.504 e. The Bertz CT molecular complexity index is 575. The molecule has 1 aromatic rings. The normalized spacial score (nSPS) is 17.1. The van der Waals surface area contributed by atoms with Crippen molar-refractivity contribution in [2.45, 2.75) is 17.6 Å². The van der Waals surface area contributed by atoms with E-state index in [4.69, 9.17) is 4.74 Å². The molecule has 1 N–H and O–H groups in total. The number of phenols is 1. The third-order valence-corrected chi connectivity index (χ3v) is 5.18. The van der Waals surface area contributed by atoms with Crippen molar-refractivity contribution < 1.29 is 14.6 Å². The number of benzene rings is 1. The Hall–Kier alpha value is -1.87.